The number of methoxy groups -OCH3 is 2. The van der Waals surface area contributed by atoms with E-state index >= 15 is 0 Å². The van der Waals surface area contributed by atoms with Gasteiger partial charge in [-0.25, -0.2) is 4.98 Å². The van der Waals surface area contributed by atoms with Crippen molar-refractivity contribution in [3.63, 3.8) is 0 Å². The number of carbonyl (C=O) groups is 2. The minimum absolute atomic E-state index is 0.0691. The topological polar surface area (TPSA) is 115 Å². The van der Waals surface area contributed by atoms with Crippen molar-refractivity contribution < 1.29 is 24.2 Å². The molecule has 9 nitrogen and oxygen atoms in total. The molecule has 0 radical (unpaired) electrons. The zero-order chi connectivity index (χ0) is 30.2. The predicted octanol–water partition coefficient (Wildman–Crippen LogP) is 6.86. The summed E-state index contributed by atoms with van der Waals surface area (Å²) in [6.07, 6.45) is 0. The fourth-order valence-electron chi connectivity index (χ4n) is 5.15. The predicted molar refractivity (Wildman–Crippen MR) is 169 cm³/mol. The normalized spacial score (nSPS) is 15.0. The molecule has 3 aromatic carbocycles. The number of aliphatic hydroxyl groups is 1. The van der Waals surface area contributed by atoms with Crippen LogP contribution < -0.4 is 14.4 Å². The van der Waals surface area contributed by atoms with Crippen molar-refractivity contribution in [1.82, 2.24) is 15.2 Å². The van der Waals surface area contributed by atoms with E-state index in [4.69, 9.17) is 9.47 Å². The number of ether oxygens (including phenoxy) is 2. The van der Waals surface area contributed by atoms with E-state index in [0.717, 1.165) is 16.3 Å². The third kappa shape index (κ3) is 5.26. The lowest BCUT2D eigenvalue weighted by Gasteiger charge is -2.25. The van der Waals surface area contributed by atoms with E-state index in [1.54, 1.807) is 32.0 Å². The number of aromatic nitrogens is 3. The molecule has 0 saturated carbocycles. The van der Waals surface area contributed by atoms with E-state index in [1.807, 2.05) is 18.2 Å². The van der Waals surface area contributed by atoms with Crippen LogP contribution in [-0.2, 0) is 10.5 Å². The SMILES string of the molecule is COc1ccc(C2C(C(=O)c3sc(C)nc3C)=C(O)C(=O)N2c2nnc(SCc3cccc4ccccc34)s2)c(OC)c1. The maximum absolute atomic E-state index is 14.0. The first-order valence-electron chi connectivity index (χ1n) is 13.2. The number of ketones is 1. The van der Waals surface area contributed by atoms with E-state index in [-0.39, 0.29) is 10.7 Å². The van der Waals surface area contributed by atoms with E-state index < -0.39 is 23.5 Å². The molecular weight excluding hydrogens is 605 g/mol. The fourth-order valence-corrected chi connectivity index (χ4v) is 7.90. The number of nitrogens with zero attached hydrogens (tertiary/aromatic N) is 4. The lowest BCUT2D eigenvalue weighted by molar-refractivity contribution is -0.117. The molecule has 218 valence electrons. The molecule has 0 saturated heterocycles. The van der Waals surface area contributed by atoms with Crippen molar-refractivity contribution in [2.75, 3.05) is 19.1 Å². The number of hydrogen-bond donors (Lipinski definition) is 1. The quantitative estimate of drug-likeness (QED) is 0.106. The maximum atomic E-state index is 14.0. The van der Waals surface area contributed by atoms with Crippen LogP contribution in [0.3, 0.4) is 0 Å². The highest BCUT2D eigenvalue weighted by Crippen LogP contribution is 2.47. The van der Waals surface area contributed by atoms with Crippen LogP contribution in [0.4, 0.5) is 5.13 Å². The van der Waals surface area contributed by atoms with Crippen LogP contribution in [0.5, 0.6) is 11.5 Å². The number of rotatable bonds is 9. The number of fused-ring (bicyclic) bond motifs is 1. The van der Waals surface area contributed by atoms with Gasteiger partial charge in [-0.3, -0.25) is 14.5 Å². The highest BCUT2D eigenvalue weighted by atomic mass is 32.2. The van der Waals surface area contributed by atoms with Gasteiger partial charge in [0.1, 0.15) is 17.5 Å². The van der Waals surface area contributed by atoms with Gasteiger partial charge >= 0.3 is 0 Å². The van der Waals surface area contributed by atoms with Crippen molar-refractivity contribution in [2.45, 2.75) is 30.0 Å². The summed E-state index contributed by atoms with van der Waals surface area (Å²) in [6.45, 7) is 3.54. The van der Waals surface area contributed by atoms with Gasteiger partial charge in [-0.15, -0.1) is 21.5 Å². The Hall–Kier alpha value is -4.26. The van der Waals surface area contributed by atoms with Gasteiger partial charge in [0, 0.05) is 17.4 Å². The smallest absolute Gasteiger partial charge is 0.296 e. The number of amides is 1. The number of aryl methyl sites for hydroxylation is 2. The Bertz CT molecular complexity index is 1910. The number of aliphatic hydroxyl groups excluding tert-OH is 1. The van der Waals surface area contributed by atoms with Crippen LogP contribution in [-0.4, -0.2) is 46.2 Å². The lowest BCUT2D eigenvalue weighted by atomic mass is 9.94. The van der Waals surface area contributed by atoms with Gasteiger partial charge in [-0.2, -0.15) is 0 Å². The third-order valence-electron chi connectivity index (χ3n) is 7.13. The molecule has 12 heteroatoms. The van der Waals surface area contributed by atoms with Crippen molar-refractivity contribution in [2.24, 2.45) is 0 Å². The summed E-state index contributed by atoms with van der Waals surface area (Å²) in [5.74, 6) is -0.291. The number of hydrogen-bond acceptors (Lipinski definition) is 11. The Morgan fingerprint density at radius 1 is 1.02 bits per heavy atom. The molecule has 0 bridgehead atoms. The molecular formula is C31H26N4O5S3. The lowest BCUT2D eigenvalue weighted by Crippen LogP contribution is -2.31. The second-order valence-electron chi connectivity index (χ2n) is 9.70. The number of carbonyl (C=O) groups excluding carboxylic acids is 2. The van der Waals surface area contributed by atoms with Crippen LogP contribution >= 0.6 is 34.4 Å². The van der Waals surface area contributed by atoms with Crippen LogP contribution in [0.15, 0.2) is 76.3 Å². The molecule has 1 aliphatic heterocycles. The van der Waals surface area contributed by atoms with Crippen molar-refractivity contribution >= 4 is 62.0 Å². The number of benzene rings is 3. The summed E-state index contributed by atoms with van der Waals surface area (Å²) in [7, 11) is 3.03. The van der Waals surface area contributed by atoms with Gasteiger partial charge in [0.15, 0.2) is 10.1 Å². The molecule has 0 aliphatic carbocycles. The van der Waals surface area contributed by atoms with E-state index in [1.165, 1.54) is 53.6 Å². The highest BCUT2D eigenvalue weighted by Gasteiger charge is 2.47. The Morgan fingerprint density at radius 2 is 1.81 bits per heavy atom. The average Bonchev–Trinajstić information content (AvgIpc) is 3.70. The summed E-state index contributed by atoms with van der Waals surface area (Å²) >= 11 is 3.94. The number of thioether (sulfide) groups is 1. The standard InChI is InChI=1S/C31H26N4O5S3/c1-16-28(42-17(2)32-16)26(36)24-25(22-13-12-20(39-3)14-23(22)40-4)35(29(38)27(24)37)30-33-34-31(43-30)41-15-19-10-7-9-18-8-5-6-11-21(18)19/h5-14,25,37H,15H2,1-4H3. The number of thiazole rings is 1. The molecule has 1 amide bonds. The van der Waals surface area contributed by atoms with Gasteiger partial charge < -0.3 is 14.6 Å². The third-order valence-corrected chi connectivity index (χ3v) is 10.3. The highest BCUT2D eigenvalue weighted by molar-refractivity contribution is 8.00. The molecule has 2 aromatic heterocycles. The van der Waals surface area contributed by atoms with Gasteiger partial charge in [0.2, 0.25) is 10.9 Å². The number of Topliss-reactive ketones (excluding diaryl/α,β-unsaturated/α-hetero) is 1. The molecule has 1 unspecified atom stereocenters. The van der Waals surface area contributed by atoms with Crippen LogP contribution in [0.25, 0.3) is 10.8 Å². The van der Waals surface area contributed by atoms with Crippen LogP contribution in [0.2, 0.25) is 0 Å². The molecule has 3 heterocycles. The fraction of sp³-hybridized carbons (Fsp3) is 0.194. The number of anilines is 1. The Balaban J connectivity index is 1.39. The monoisotopic (exact) mass is 630 g/mol. The molecule has 0 fully saturated rings. The summed E-state index contributed by atoms with van der Waals surface area (Å²) in [4.78, 5) is 33.7. The molecule has 1 aliphatic rings. The first-order chi connectivity index (χ1) is 20.8. The summed E-state index contributed by atoms with van der Waals surface area (Å²) in [6, 6.07) is 18.5. The summed E-state index contributed by atoms with van der Waals surface area (Å²) in [5, 5.41) is 23.2. The average molecular weight is 631 g/mol. The molecule has 43 heavy (non-hydrogen) atoms. The second kappa shape index (κ2) is 11.8. The van der Waals surface area contributed by atoms with E-state index in [9.17, 15) is 14.7 Å². The zero-order valence-corrected chi connectivity index (χ0v) is 26.1. The van der Waals surface area contributed by atoms with Crippen molar-refractivity contribution in [3.8, 4) is 11.5 Å². The zero-order valence-electron chi connectivity index (χ0n) is 23.7. The first kappa shape index (κ1) is 28.8. The summed E-state index contributed by atoms with van der Waals surface area (Å²) < 4.78 is 11.7. The molecule has 1 N–H and O–H groups in total. The molecule has 0 spiro atoms. The largest absolute Gasteiger partial charge is 0.503 e. The minimum Gasteiger partial charge on any atom is -0.503 e. The Morgan fingerprint density at radius 3 is 2.56 bits per heavy atom. The minimum atomic E-state index is -1.02. The van der Waals surface area contributed by atoms with Gasteiger partial charge in [-0.1, -0.05) is 65.6 Å². The van der Waals surface area contributed by atoms with E-state index in [2.05, 4.69) is 39.4 Å². The van der Waals surface area contributed by atoms with E-state index in [0.29, 0.717) is 42.7 Å². The first-order valence-corrected chi connectivity index (χ1v) is 15.8. The Kier molecular flexibility index (Phi) is 7.91. The van der Waals surface area contributed by atoms with Crippen LogP contribution in [0, 0.1) is 13.8 Å². The van der Waals surface area contributed by atoms with Crippen LogP contribution in [0.1, 0.15) is 37.5 Å². The second-order valence-corrected chi connectivity index (χ2v) is 13.1. The maximum Gasteiger partial charge on any atom is 0.296 e. The summed E-state index contributed by atoms with van der Waals surface area (Å²) in [5.41, 5.74) is 2.10. The molecule has 5 aromatic rings. The Labute approximate surface area is 259 Å². The molecule has 6 rings (SSSR count). The van der Waals surface area contributed by atoms with Gasteiger partial charge in [0.25, 0.3) is 5.91 Å². The van der Waals surface area contributed by atoms with Gasteiger partial charge in [-0.05, 0) is 42.3 Å². The molecule has 1 atom stereocenters. The van der Waals surface area contributed by atoms with Crippen molar-refractivity contribution in [1.29, 1.82) is 0 Å². The van der Waals surface area contributed by atoms with Gasteiger partial charge in [0.05, 0.1) is 35.4 Å². The van der Waals surface area contributed by atoms with Crippen molar-refractivity contribution in [3.05, 3.63) is 98.7 Å².